The van der Waals surface area contributed by atoms with Crippen molar-refractivity contribution >= 4 is 139 Å². The van der Waals surface area contributed by atoms with Crippen molar-refractivity contribution in [1.29, 1.82) is 0 Å². The van der Waals surface area contributed by atoms with Crippen molar-refractivity contribution in [3.8, 4) is 0 Å². The molecule has 3 rings (SSSR count). The van der Waals surface area contributed by atoms with Crippen molar-refractivity contribution < 1.29 is 83.4 Å². The second kappa shape index (κ2) is 37.0. The first kappa shape index (κ1) is 71.7. The number of aliphatic carboxylic acids is 5. The summed E-state index contributed by atoms with van der Waals surface area (Å²) in [6.07, 6.45) is -1.45. The van der Waals surface area contributed by atoms with Crippen LogP contribution in [-0.4, -0.2) is 331 Å². The molecule has 1 atom stereocenters. The summed E-state index contributed by atoms with van der Waals surface area (Å²) >= 11 is 5.62. The number of halogens is 3. The summed E-state index contributed by atoms with van der Waals surface area (Å²) in [5.41, 5.74) is 0.191. The van der Waals surface area contributed by atoms with Gasteiger partial charge in [0.1, 0.15) is 11.9 Å². The molecule has 2 heterocycles. The molecule has 0 aliphatic carbocycles. The van der Waals surface area contributed by atoms with E-state index in [2.05, 4.69) is 21.3 Å². The van der Waals surface area contributed by atoms with E-state index in [1.807, 2.05) is 77.6 Å². The standard InChI is InChI=1S/C49H76I3N13O17/c1-32(66)24-58-8-10-59(11-15-62(28-37(72)73)19-18-61(14-9-58)27-36(70)71)25-34(68)53-4-6-55-47(80)41-43(50)42(45(52)46(44(41)51)57(3)49(82)33(2)67)48(81)56-7-5-54-35(69)26-60-12-16-63(29-38(74)75)20-22-65(31-40(78)79)23-21-64(17-13-60)30-39(76)77/h33,67H,4-31H2,1-3H3,(H,53,68)(H,54,69)(H,55,80)(H,56,81)(H,70,71)(H,72,73)(H,74,75)(H,76,77)(H,78,79)/t33-/m1/s1. The summed E-state index contributed by atoms with van der Waals surface area (Å²) in [6.45, 7) is 4.69. The molecule has 30 nitrogen and oxygen atoms in total. The molecule has 2 saturated heterocycles. The Balaban J connectivity index is 1.73. The van der Waals surface area contributed by atoms with E-state index in [1.165, 1.54) is 20.9 Å². The van der Waals surface area contributed by atoms with Crippen molar-refractivity contribution in [2.45, 2.75) is 20.0 Å². The molecule has 0 radical (unpaired) electrons. The molecule has 2 aliphatic rings. The highest BCUT2D eigenvalue weighted by molar-refractivity contribution is 14.1. The van der Waals surface area contributed by atoms with E-state index in [9.17, 15) is 83.4 Å². The number of likely N-dealkylation sites (N-methyl/N-ethyl adjacent to an activating group) is 1. The lowest BCUT2D eigenvalue weighted by atomic mass is 10.1. The van der Waals surface area contributed by atoms with Crippen molar-refractivity contribution in [2.24, 2.45) is 0 Å². The summed E-state index contributed by atoms with van der Waals surface area (Å²) < 4.78 is 0.743. The van der Waals surface area contributed by atoms with Crippen LogP contribution in [0.3, 0.4) is 0 Å². The maximum atomic E-state index is 14.1. The molecule has 0 spiro atoms. The third-order valence-electron chi connectivity index (χ3n) is 13.1. The number of anilines is 1. The number of nitrogens with zero attached hydrogens (tertiary/aromatic N) is 9. The van der Waals surface area contributed by atoms with E-state index in [0.29, 0.717) is 26.2 Å². The van der Waals surface area contributed by atoms with Crippen LogP contribution in [0.5, 0.6) is 0 Å². The number of ketones is 1. The molecule has 2 fully saturated rings. The van der Waals surface area contributed by atoms with Gasteiger partial charge in [-0.05, 0) is 81.6 Å². The molecule has 2 aliphatic heterocycles. The zero-order valence-corrected chi connectivity index (χ0v) is 52.7. The van der Waals surface area contributed by atoms with E-state index in [1.54, 1.807) is 29.4 Å². The van der Waals surface area contributed by atoms with Crippen LogP contribution in [-0.2, 0) is 43.2 Å². The van der Waals surface area contributed by atoms with E-state index in [-0.39, 0.29) is 190 Å². The van der Waals surface area contributed by atoms with Crippen molar-refractivity contribution in [3.63, 3.8) is 0 Å². The molecule has 0 saturated carbocycles. The molecule has 33 heteroatoms. The number of hydrogen-bond acceptors (Lipinski definition) is 20. The van der Waals surface area contributed by atoms with Gasteiger partial charge in [0.25, 0.3) is 17.7 Å². The van der Waals surface area contributed by atoms with Gasteiger partial charge in [0.2, 0.25) is 11.8 Å². The maximum absolute atomic E-state index is 14.1. The molecule has 460 valence electrons. The maximum Gasteiger partial charge on any atom is 0.317 e. The summed E-state index contributed by atoms with van der Waals surface area (Å²) in [5.74, 6) is -8.41. The van der Waals surface area contributed by atoms with Gasteiger partial charge in [-0.1, -0.05) is 0 Å². The normalized spacial score (nSPS) is 17.4. The van der Waals surface area contributed by atoms with Crippen LogP contribution in [0.15, 0.2) is 0 Å². The zero-order valence-electron chi connectivity index (χ0n) is 46.2. The predicted molar refractivity (Wildman–Crippen MR) is 321 cm³/mol. The van der Waals surface area contributed by atoms with Crippen LogP contribution in [0.2, 0.25) is 0 Å². The number of nitrogens with one attached hydrogen (secondary N) is 4. The van der Waals surface area contributed by atoms with Crippen molar-refractivity contribution in [1.82, 2.24) is 60.5 Å². The van der Waals surface area contributed by atoms with Gasteiger partial charge in [0, 0.05) is 142 Å². The Morgan fingerprint density at radius 1 is 0.415 bits per heavy atom. The molecule has 5 amide bonds. The van der Waals surface area contributed by atoms with Gasteiger partial charge < -0.3 is 56.8 Å². The fourth-order valence-corrected chi connectivity index (χ4v) is 13.7. The van der Waals surface area contributed by atoms with Crippen molar-refractivity contribution in [3.05, 3.63) is 21.8 Å². The number of carboxylic acid groups (broad SMARTS) is 5. The third kappa shape index (κ3) is 26.6. The molecule has 0 bridgehead atoms. The fourth-order valence-electron chi connectivity index (χ4n) is 8.88. The lowest BCUT2D eigenvalue weighted by Crippen LogP contribution is -2.50. The number of hydrogen-bond donors (Lipinski definition) is 10. The van der Waals surface area contributed by atoms with E-state index in [0.717, 1.165) is 4.90 Å². The molecule has 82 heavy (non-hydrogen) atoms. The Hall–Kier alpha value is -4.58. The van der Waals surface area contributed by atoms with E-state index >= 15 is 0 Å². The molecule has 10 N–H and O–H groups in total. The number of aliphatic hydroxyl groups is 1. The first-order valence-electron chi connectivity index (χ1n) is 26.3. The number of carbonyl (C=O) groups excluding carboxylic acids is 6. The average molecular weight is 1500 g/mol. The van der Waals surface area contributed by atoms with Gasteiger partial charge in [0.15, 0.2) is 0 Å². The predicted octanol–water partition coefficient (Wildman–Crippen LogP) is -4.01. The smallest absolute Gasteiger partial charge is 0.317 e. The van der Waals surface area contributed by atoms with Crippen LogP contribution in [0.1, 0.15) is 34.6 Å². The summed E-state index contributed by atoms with van der Waals surface area (Å²) in [6, 6.07) is 0. The quantitative estimate of drug-likeness (QED) is 0.0312. The lowest BCUT2D eigenvalue weighted by molar-refractivity contribution is -0.140. The van der Waals surface area contributed by atoms with Gasteiger partial charge in [0.05, 0.1) is 76.3 Å². The molecular weight excluding hydrogens is 1420 g/mol. The fraction of sp³-hybridized carbons (Fsp3) is 0.653. The van der Waals surface area contributed by atoms with Crippen LogP contribution < -0.4 is 26.2 Å². The van der Waals surface area contributed by atoms with Gasteiger partial charge >= 0.3 is 29.8 Å². The third-order valence-corrected chi connectivity index (χ3v) is 16.3. The number of rotatable bonds is 26. The summed E-state index contributed by atoms with van der Waals surface area (Å²) in [4.78, 5) is 153. The minimum Gasteiger partial charge on any atom is -0.480 e. The average Bonchev–Trinajstić information content (AvgIpc) is 2.77. The lowest BCUT2D eigenvalue weighted by Gasteiger charge is -2.33. The van der Waals surface area contributed by atoms with Crippen LogP contribution in [0, 0.1) is 10.7 Å². The molecule has 1 aromatic carbocycles. The number of benzene rings is 1. The molecular formula is C49H76I3N13O17. The van der Waals surface area contributed by atoms with Crippen LogP contribution in [0.4, 0.5) is 5.69 Å². The first-order chi connectivity index (χ1) is 38.6. The SMILES string of the molecule is CC(=O)CN1CCN(CC(=O)O)CCN(CC(=O)O)CCN(CC(=O)NCCNC(=O)c2c(I)c(C(=O)NCCNC(=O)CN3CCN(CC(=O)O)CCN(CC(=O)O)CCN(CC(=O)O)CC3)c(I)c(N(C)C(=O)[C@@H](C)O)c2I)CC1. The second-order valence-electron chi connectivity index (χ2n) is 19.7. The number of carboxylic acids is 5. The Morgan fingerprint density at radius 3 is 0.878 bits per heavy atom. The Labute approximate surface area is 515 Å². The zero-order chi connectivity index (χ0) is 61.2. The highest BCUT2D eigenvalue weighted by Crippen LogP contribution is 2.38. The Bertz CT molecular complexity index is 2220. The minimum absolute atomic E-state index is 0.0151. The van der Waals surface area contributed by atoms with Crippen LogP contribution in [0.25, 0.3) is 0 Å². The highest BCUT2D eigenvalue weighted by Gasteiger charge is 2.32. The topological polar surface area (TPSA) is 386 Å². The van der Waals surface area contributed by atoms with E-state index < -0.39 is 65.5 Å². The largest absolute Gasteiger partial charge is 0.480 e. The molecule has 0 unspecified atom stereocenters. The summed E-state index contributed by atoms with van der Waals surface area (Å²) in [5, 5.41) is 68.9. The van der Waals surface area contributed by atoms with Gasteiger partial charge in [-0.15, -0.1) is 0 Å². The first-order valence-corrected chi connectivity index (χ1v) is 29.5. The highest BCUT2D eigenvalue weighted by atomic mass is 127. The van der Waals surface area contributed by atoms with E-state index in [4.69, 9.17) is 0 Å². The molecule has 1 aromatic rings. The number of amides is 5. The molecule has 0 aromatic heterocycles. The Kier molecular flexibility index (Phi) is 32.3. The second-order valence-corrected chi connectivity index (χ2v) is 22.9. The Morgan fingerprint density at radius 2 is 0.646 bits per heavy atom. The number of Topliss-reactive ketones (excluding diaryl/α,β-unsaturated/α-hetero) is 1. The van der Waals surface area contributed by atoms with Crippen LogP contribution >= 0.6 is 67.8 Å². The number of aliphatic hydroxyl groups excluding tert-OH is 1. The van der Waals surface area contributed by atoms with Gasteiger partial charge in [-0.25, -0.2) is 0 Å². The minimum atomic E-state index is -1.45. The monoisotopic (exact) mass is 1500 g/mol. The van der Waals surface area contributed by atoms with Gasteiger partial charge in [-0.3, -0.25) is 91.9 Å². The van der Waals surface area contributed by atoms with Crippen molar-refractivity contribution in [2.75, 3.05) is 195 Å². The number of carbonyl (C=O) groups is 11. The van der Waals surface area contributed by atoms with Gasteiger partial charge in [-0.2, -0.15) is 0 Å². The summed E-state index contributed by atoms with van der Waals surface area (Å²) in [7, 11) is 1.39.